The first-order valence-corrected chi connectivity index (χ1v) is 9.54. The summed E-state index contributed by atoms with van der Waals surface area (Å²) < 4.78 is 44.3. The molecule has 4 rings (SSSR count). The van der Waals surface area contributed by atoms with Gasteiger partial charge in [0.15, 0.2) is 11.4 Å². The van der Waals surface area contributed by atoms with Crippen LogP contribution < -0.4 is 15.6 Å². The zero-order chi connectivity index (χ0) is 22.9. The van der Waals surface area contributed by atoms with Crippen molar-refractivity contribution in [2.75, 3.05) is 19.0 Å². The van der Waals surface area contributed by atoms with Gasteiger partial charge in [0.25, 0.3) is 5.56 Å². The minimum atomic E-state index is -4.45. The van der Waals surface area contributed by atoms with Gasteiger partial charge >= 0.3 is 6.18 Å². The Kier molecular flexibility index (Phi) is 5.52. The number of aromatic nitrogens is 3. The Balaban J connectivity index is 1.91. The van der Waals surface area contributed by atoms with Gasteiger partial charge in [-0.3, -0.25) is 14.2 Å². The van der Waals surface area contributed by atoms with Crippen molar-refractivity contribution in [3.8, 4) is 11.4 Å². The maximum atomic E-state index is 13.5. The molecule has 0 aliphatic heterocycles. The predicted octanol–water partition coefficient (Wildman–Crippen LogP) is 3.68. The number of alkyl halides is 3. The van der Waals surface area contributed by atoms with Crippen molar-refractivity contribution in [2.24, 2.45) is 0 Å². The lowest BCUT2D eigenvalue weighted by Gasteiger charge is -2.15. The lowest BCUT2D eigenvalue weighted by molar-refractivity contribution is -0.115. The summed E-state index contributed by atoms with van der Waals surface area (Å²) >= 11 is 0. The van der Waals surface area contributed by atoms with Crippen molar-refractivity contribution in [3.05, 3.63) is 70.7 Å². The number of carbonyl (C=O) groups is 1. The highest BCUT2D eigenvalue weighted by Crippen LogP contribution is 2.24. The van der Waals surface area contributed by atoms with Gasteiger partial charge in [-0.05, 0) is 42.0 Å². The number of fused-ring (bicyclic) bond motifs is 1. The van der Waals surface area contributed by atoms with E-state index in [1.807, 2.05) is 0 Å². The number of methoxy groups -OCH3 is 1. The molecule has 0 saturated heterocycles. The molecule has 0 saturated carbocycles. The van der Waals surface area contributed by atoms with E-state index in [0.717, 1.165) is 0 Å². The van der Waals surface area contributed by atoms with Crippen LogP contribution >= 0.6 is 0 Å². The standard InChI is InChI=1S/C22H17F3N4O3/c1-32-17-8-4-15(5-9-17)29-19-14(11-26-21(28-19)27-12-22(23,24)25)10-18(20(29)31)13-2-6-16(30)7-3-13/h2-6,8-11H,7,12H2,1H3,(H,26,27,28). The van der Waals surface area contributed by atoms with Crippen molar-refractivity contribution < 1.29 is 22.7 Å². The highest BCUT2D eigenvalue weighted by atomic mass is 19.4. The SMILES string of the molecule is COc1ccc(-n2c(=O)c(C3=CCC(=O)C=C3)cc3cnc(NCC(F)(F)F)nc32)cc1. The quantitative estimate of drug-likeness (QED) is 0.649. The Labute approximate surface area is 179 Å². The number of ether oxygens (including phenoxy) is 1. The molecule has 0 bridgehead atoms. The third-order valence-corrected chi connectivity index (χ3v) is 4.80. The molecule has 2 aromatic heterocycles. The number of hydrogen-bond donors (Lipinski definition) is 1. The first-order chi connectivity index (χ1) is 15.2. The second-order valence-electron chi connectivity index (χ2n) is 7.00. The second-order valence-corrected chi connectivity index (χ2v) is 7.00. The van der Waals surface area contributed by atoms with Crippen LogP contribution in [0.15, 0.2) is 59.6 Å². The van der Waals surface area contributed by atoms with E-state index in [0.29, 0.717) is 28.0 Å². The van der Waals surface area contributed by atoms with Crippen LogP contribution in [0.1, 0.15) is 12.0 Å². The molecule has 1 aromatic carbocycles. The molecule has 1 aliphatic rings. The molecule has 3 aromatic rings. The first-order valence-electron chi connectivity index (χ1n) is 9.54. The number of allylic oxidation sites excluding steroid dienone is 4. The van der Waals surface area contributed by atoms with Gasteiger partial charge in [0.2, 0.25) is 5.95 Å². The molecule has 1 N–H and O–H groups in total. The molecular weight excluding hydrogens is 425 g/mol. The van der Waals surface area contributed by atoms with E-state index >= 15 is 0 Å². The van der Waals surface area contributed by atoms with Gasteiger partial charge in [-0.1, -0.05) is 12.2 Å². The van der Waals surface area contributed by atoms with Crippen LogP contribution in [0.3, 0.4) is 0 Å². The lowest BCUT2D eigenvalue weighted by Crippen LogP contribution is -2.25. The van der Waals surface area contributed by atoms with Crippen LogP contribution in [0.25, 0.3) is 22.3 Å². The first kappa shape index (κ1) is 21.3. The topological polar surface area (TPSA) is 86.1 Å². The maximum absolute atomic E-state index is 13.5. The number of halogens is 3. The summed E-state index contributed by atoms with van der Waals surface area (Å²) in [6.07, 6.45) is 1.69. The average Bonchev–Trinajstić information content (AvgIpc) is 2.77. The number of carbonyl (C=O) groups excluding carboxylic acids is 1. The molecule has 0 atom stereocenters. The summed E-state index contributed by atoms with van der Waals surface area (Å²) in [4.78, 5) is 33.1. The van der Waals surface area contributed by atoms with Crippen LogP contribution in [0.4, 0.5) is 19.1 Å². The van der Waals surface area contributed by atoms with E-state index in [1.54, 1.807) is 42.5 Å². The number of hydrogen-bond acceptors (Lipinski definition) is 6. The van der Waals surface area contributed by atoms with E-state index in [-0.39, 0.29) is 23.8 Å². The summed E-state index contributed by atoms with van der Waals surface area (Å²) in [7, 11) is 1.51. The van der Waals surface area contributed by atoms with Crippen molar-refractivity contribution in [1.82, 2.24) is 14.5 Å². The Morgan fingerprint density at radius 3 is 2.53 bits per heavy atom. The average molecular weight is 442 g/mol. The van der Waals surface area contributed by atoms with E-state index in [4.69, 9.17) is 4.74 Å². The Hall–Kier alpha value is -3.95. The van der Waals surface area contributed by atoms with Crippen molar-refractivity contribution >= 4 is 28.3 Å². The largest absolute Gasteiger partial charge is 0.497 e. The van der Waals surface area contributed by atoms with Crippen LogP contribution in [0, 0.1) is 0 Å². The molecule has 0 amide bonds. The fourth-order valence-corrected chi connectivity index (χ4v) is 3.27. The minimum absolute atomic E-state index is 0.0752. The van der Waals surface area contributed by atoms with Gasteiger partial charge in [0.1, 0.15) is 12.3 Å². The molecule has 32 heavy (non-hydrogen) atoms. The highest BCUT2D eigenvalue weighted by molar-refractivity contribution is 5.98. The smallest absolute Gasteiger partial charge is 0.405 e. The predicted molar refractivity (Wildman–Crippen MR) is 113 cm³/mol. The van der Waals surface area contributed by atoms with E-state index in [9.17, 15) is 22.8 Å². The van der Waals surface area contributed by atoms with Gasteiger partial charge in [-0.2, -0.15) is 18.2 Å². The molecule has 0 radical (unpaired) electrons. The number of rotatable bonds is 5. The normalized spacial score (nSPS) is 13.9. The van der Waals surface area contributed by atoms with Gasteiger partial charge < -0.3 is 10.1 Å². The molecule has 1 aliphatic carbocycles. The number of anilines is 1. The van der Waals surface area contributed by atoms with Gasteiger partial charge in [-0.15, -0.1) is 0 Å². The van der Waals surface area contributed by atoms with Crippen molar-refractivity contribution in [2.45, 2.75) is 12.6 Å². The zero-order valence-electron chi connectivity index (χ0n) is 16.8. The number of nitrogens with zero attached hydrogens (tertiary/aromatic N) is 3. The highest BCUT2D eigenvalue weighted by Gasteiger charge is 2.27. The van der Waals surface area contributed by atoms with Crippen LogP contribution in [-0.4, -0.2) is 40.1 Å². The molecular formula is C22H17F3N4O3. The van der Waals surface area contributed by atoms with E-state index in [1.165, 1.54) is 23.9 Å². The summed E-state index contributed by atoms with van der Waals surface area (Å²) in [6, 6.07) is 8.16. The number of benzene rings is 1. The maximum Gasteiger partial charge on any atom is 0.405 e. The van der Waals surface area contributed by atoms with E-state index in [2.05, 4.69) is 15.3 Å². The van der Waals surface area contributed by atoms with Gasteiger partial charge in [0, 0.05) is 23.6 Å². The Morgan fingerprint density at radius 1 is 1.16 bits per heavy atom. The van der Waals surface area contributed by atoms with Crippen LogP contribution in [-0.2, 0) is 4.79 Å². The fourth-order valence-electron chi connectivity index (χ4n) is 3.27. The van der Waals surface area contributed by atoms with E-state index < -0.39 is 18.3 Å². The summed E-state index contributed by atoms with van der Waals surface area (Å²) in [5, 5.41) is 2.58. The molecule has 0 spiro atoms. The number of pyridine rings is 1. The Bertz CT molecular complexity index is 1310. The van der Waals surface area contributed by atoms with Crippen LogP contribution in [0.2, 0.25) is 0 Å². The third-order valence-electron chi connectivity index (χ3n) is 4.80. The van der Waals surface area contributed by atoms with Crippen LogP contribution in [0.5, 0.6) is 5.75 Å². The molecule has 7 nitrogen and oxygen atoms in total. The second kappa shape index (κ2) is 8.29. The fraction of sp³-hybridized carbons (Fsp3) is 0.182. The molecule has 10 heteroatoms. The van der Waals surface area contributed by atoms with Gasteiger partial charge in [0.05, 0.1) is 12.8 Å². The molecule has 2 heterocycles. The number of ketones is 1. The number of nitrogens with one attached hydrogen (secondary N) is 1. The lowest BCUT2D eigenvalue weighted by atomic mass is 9.99. The third kappa shape index (κ3) is 4.39. The zero-order valence-corrected chi connectivity index (χ0v) is 16.8. The Morgan fingerprint density at radius 2 is 1.91 bits per heavy atom. The minimum Gasteiger partial charge on any atom is -0.497 e. The summed E-state index contributed by atoms with van der Waals surface area (Å²) in [5.41, 5.74) is 1.03. The van der Waals surface area contributed by atoms with Crippen molar-refractivity contribution in [1.29, 1.82) is 0 Å². The molecule has 164 valence electrons. The van der Waals surface area contributed by atoms with Gasteiger partial charge in [-0.25, -0.2) is 4.98 Å². The van der Waals surface area contributed by atoms with Crippen molar-refractivity contribution in [3.63, 3.8) is 0 Å². The monoisotopic (exact) mass is 442 g/mol. The summed E-state index contributed by atoms with van der Waals surface area (Å²) in [6.45, 7) is -1.31. The summed E-state index contributed by atoms with van der Waals surface area (Å²) in [5.74, 6) is 0.237. The molecule has 0 unspecified atom stereocenters. The molecule has 0 fully saturated rings.